The first-order valence-corrected chi connectivity index (χ1v) is 11.5. The third-order valence-corrected chi connectivity index (χ3v) is 6.18. The van der Waals surface area contributed by atoms with Crippen LogP contribution in [0.5, 0.6) is 0 Å². The van der Waals surface area contributed by atoms with Crippen molar-refractivity contribution in [3.05, 3.63) is 108 Å². The van der Waals surface area contributed by atoms with Crippen LogP contribution in [0.4, 0.5) is 0 Å². The van der Waals surface area contributed by atoms with Crippen molar-refractivity contribution in [1.82, 2.24) is 15.1 Å². The van der Waals surface area contributed by atoms with Crippen LogP contribution in [0.1, 0.15) is 16.7 Å². The van der Waals surface area contributed by atoms with Crippen LogP contribution >= 0.6 is 0 Å². The standard InChI is InChI=1S/C28H31N3O2/c1-30(21-24-15-9-4-10-16-24)28(33)26(20-23-13-7-3-8-14-23)31-18-17-29-25(27(31)32)19-22-11-5-2-6-12-22/h2-16,25-26,29H,17-21H2,1H3/t25-,26-/m0/s1. The lowest BCUT2D eigenvalue weighted by molar-refractivity contribution is -0.148. The Balaban J connectivity index is 1.55. The van der Waals surface area contributed by atoms with Gasteiger partial charge >= 0.3 is 0 Å². The SMILES string of the molecule is CN(Cc1ccccc1)C(=O)[C@H](Cc1ccccc1)N1CCN[C@@H](Cc2ccccc2)C1=O. The molecule has 4 rings (SSSR count). The second-order valence-corrected chi connectivity index (χ2v) is 8.61. The van der Waals surface area contributed by atoms with Gasteiger partial charge in [-0.05, 0) is 23.1 Å². The van der Waals surface area contributed by atoms with Gasteiger partial charge in [0.05, 0.1) is 6.04 Å². The maximum atomic E-state index is 13.7. The summed E-state index contributed by atoms with van der Waals surface area (Å²) in [6.07, 6.45) is 1.12. The number of nitrogens with one attached hydrogen (secondary N) is 1. The van der Waals surface area contributed by atoms with Crippen LogP contribution < -0.4 is 5.32 Å². The number of carbonyl (C=O) groups excluding carboxylic acids is 2. The third-order valence-electron chi connectivity index (χ3n) is 6.18. The molecule has 2 atom stereocenters. The van der Waals surface area contributed by atoms with Crippen molar-refractivity contribution < 1.29 is 9.59 Å². The Hall–Kier alpha value is -3.44. The fraction of sp³-hybridized carbons (Fsp3) is 0.286. The van der Waals surface area contributed by atoms with Crippen molar-refractivity contribution in [2.45, 2.75) is 31.5 Å². The highest BCUT2D eigenvalue weighted by Gasteiger charge is 2.37. The van der Waals surface area contributed by atoms with Crippen LogP contribution in [-0.4, -0.2) is 53.8 Å². The minimum absolute atomic E-state index is 0.00695. The largest absolute Gasteiger partial charge is 0.340 e. The van der Waals surface area contributed by atoms with Crippen LogP contribution in [0, 0.1) is 0 Å². The fourth-order valence-corrected chi connectivity index (χ4v) is 4.43. The molecule has 1 heterocycles. The van der Waals surface area contributed by atoms with Gasteiger partial charge in [-0.3, -0.25) is 9.59 Å². The van der Waals surface area contributed by atoms with E-state index in [4.69, 9.17) is 0 Å². The lowest BCUT2D eigenvalue weighted by Crippen LogP contribution is -2.62. The smallest absolute Gasteiger partial charge is 0.245 e. The Labute approximate surface area is 196 Å². The fourth-order valence-electron chi connectivity index (χ4n) is 4.43. The highest BCUT2D eigenvalue weighted by Crippen LogP contribution is 2.18. The first-order valence-electron chi connectivity index (χ1n) is 11.5. The van der Waals surface area contributed by atoms with Crippen LogP contribution in [0.15, 0.2) is 91.0 Å². The first-order chi connectivity index (χ1) is 16.1. The Morgan fingerprint density at radius 1 is 0.909 bits per heavy atom. The van der Waals surface area contributed by atoms with E-state index in [0.717, 1.165) is 16.7 Å². The average molecular weight is 442 g/mol. The number of carbonyl (C=O) groups is 2. The van der Waals surface area contributed by atoms with Gasteiger partial charge in [-0.1, -0.05) is 91.0 Å². The molecule has 0 spiro atoms. The summed E-state index contributed by atoms with van der Waals surface area (Å²) < 4.78 is 0. The van der Waals surface area contributed by atoms with E-state index >= 15 is 0 Å². The number of rotatable bonds is 8. The van der Waals surface area contributed by atoms with Crippen molar-refractivity contribution in [2.75, 3.05) is 20.1 Å². The van der Waals surface area contributed by atoms with Gasteiger partial charge in [0.2, 0.25) is 11.8 Å². The second kappa shape index (κ2) is 10.9. The molecule has 170 valence electrons. The predicted octanol–water partition coefficient (Wildman–Crippen LogP) is 3.30. The van der Waals surface area contributed by atoms with Crippen molar-refractivity contribution in [3.63, 3.8) is 0 Å². The maximum absolute atomic E-state index is 13.7. The van der Waals surface area contributed by atoms with Crippen LogP contribution in [0.3, 0.4) is 0 Å². The van der Waals surface area contributed by atoms with Gasteiger partial charge in [-0.15, -0.1) is 0 Å². The summed E-state index contributed by atoms with van der Waals surface area (Å²) in [4.78, 5) is 30.7. The monoisotopic (exact) mass is 441 g/mol. The zero-order chi connectivity index (χ0) is 23.0. The zero-order valence-electron chi connectivity index (χ0n) is 19.1. The summed E-state index contributed by atoms with van der Waals surface area (Å²) in [5.74, 6) is -0.0380. The molecule has 5 nitrogen and oxygen atoms in total. The number of hydrogen-bond acceptors (Lipinski definition) is 3. The number of nitrogens with zero attached hydrogens (tertiary/aromatic N) is 2. The molecule has 0 unspecified atom stereocenters. The zero-order valence-corrected chi connectivity index (χ0v) is 19.1. The molecular formula is C28H31N3O2. The number of amides is 2. The van der Waals surface area contributed by atoms with Gasteiger partial charge in [0.15, 0.2) is 0 Å². The summed E-state index contributed by atoms with van der Waals surface area (Å²) in [5, 5.41) is 3.36. The highest BCUT2D eigenvalue weighted by molar-refractivity contribution is 5.90. The highest BCUT2D eigenvalue weighted by atomic mass is 16.2. The molecule has 0 bridgehead atoms. The average Bonchev–Trinajstić information content (AvgIpc) is 2.85. The summed E-state index contributed by atoms with van der Waals surface area (Å²) >= 11 is 0. The van der Waals surface area contributed by atoms with Crippen molar-refractivity contribution in [1.29, 1.82) is 0 Å². The Bertz CT molecular complexity index is 1040. The molecule has 1 aliphatic heterocycles. The molecule has 2 amide bonds. The topological polar surface area (TPSA) is 52.7 Å². The van der Waals surface area contributed by atoms with Gasteiger partial charge in [-0.25, -0.2) is 0 Å². The van der Waals surface area contributed by atoms with E-state index in [0.29, 0.717) is 32.5 Å². The molecule has 0 radical (unpaired) electrons. The molecule has 1 aliphatic rings. The molecule has 1 N–H and O–H groups in total. The van der Waals surface area contributed by atoms with E-state index in [1.54, 1.807) is 9.80 Å². The lowest BCUT2D eigenvalue weighted by atomic mass is 9.98. The summed E-state index contributed by atoms with van der Waals surface area (Å²) in [7, 11) is 1.82. The first kappa shape index (κ1) is 22.7. The van der Waals surface area contributed by atoms with Crippen LogP contribution in [0.2, 0.25) is 0 Å². The van der Waals surface area contributed by atoms with E-state index in [1.807, 2.05) is 98.0 Å². The van der Waals surface area contributed by atoms with Gasteiger partial charge < -0.3 is 15.1 Å². The Morgan fingerprint density at radius 2 is 1.45 bits per heavy atom. The number of likely N-dealkylation sites (N-methyl/N-ethyl adjacent to an activating group) is 1. The summed E-state index contributed by atoms with van der Waals surface area (Å²) in [6.45, 7) is 1.70. The van der Waals surface area contributed by atoms with Gasteiger partial charge in [-0.2, -0.15) is 0 Å². The molecule has 5 heteroatoms. The van der Waals surface area contributed by atoms with Crippen molar-refractivity contribution in [2.24, 2.45) is 0 Å². The second-order valence-electron chi connectivity index (χ2n) is 8.61. The Kier molecular flexibility index (Phi) is 7.53. The van der Waals surface area contributed by atoms with Crippen molar-refractivity contribution >= 4 is 11.8 Å². The molecule has 3 aromatic rings. The lowest BCUT2D eigenvalue weighted by Gasteiger charge is -2.39. The van der Waals surface area contributed by atoms with Crippen LogP contribution in [-0.2, 0) is 29.0 Å². The minimum Gasteiger partial charge on any atom is -0.340 e. The van der Waals surface area contributed by atoms with E-state index in [-0.39, 0.29) is 17.9 Å². The quantitative estimate of drug-likeness (QED) is 0.584. The molecule has 0 saturated carbocycles. The molecule has 1 saturated heterocycles. The molecule has 3 aromatic carbocycles. The molecule has 0 aromatic heterocycles. The number of piperazine rings is 1. The molecule has 0 aliphatic carbocycles. The predicted molar refractivity (Wildman–Crippen MR) is 130 cm³/mol. The van der Waals surface area contributed by atoms with Crippen LogP contribution in [0.25, 0.3) is 0 Å². The van der Waals surface area contributed by atoms with E-state index < -0.39 is 6.04 Å². The van der Waals surface area contributed by atoms with Gasteiger partial charge in [0.25, 0.3) is 0 Å². The number of benzene rings is 3. The van der Waals surface area contributed by atoms with E-state index in [2.05, 4.69) is 5.32 Å². The minimum atomic E-state index is -0.533. The molecular weight excluding hydrogens is 410 g/mol. The number of hydrogen-bond donors (Lipinski definition) is 1. The van der Waals surface area contributed by atoms with E-state index in [1.165, 1.54) is 0 Å². The maximum Gasteiger partial charge on any atom is 0.245 e. The van der Waals surface area contributed by atoms with Crippen molar-refractivity contribution in [3.8, 4) is 0 Å². The summed E-state index contributed by atoms with van der Waals surface area (Å²) in [6, 6.07) is 29.1. The van der Waals surface area contributed by atoms with Gasteiger partial charge in [0.1, 0.15) is 6.04 Å². The third kappa shape index (κ3) is 5.88. The van der Waals surface area contributed by atoms with E-state index in [9.17, 15) is 9.59 Å². The normalized spacial score (nSPS) is 16.9. The Morgan fingerprint density at radius 3 is 2.06 bits per heavy atom. The molecule has 1 fully saturated rings. The summed E-state index contributed by atoms with van der Waals surface area (Å²) in [5.41, 5.74) is 3.23. The van der Waals surface area contributed by atoms with Gasteiger partial charge in [0, 0.05) is 33.1 Å². The molecule has 33 heavy (non-hydrogen) atoms.